The van der Waals surface area contributed by atoms with E-state index in [0.29, 0.717) is 19.3 Å². The van der Waals surface area contributed by atoms with Gasteiger partial charge < -0.3 is 14.2 Å². The van der Waals surface area contributed by atoms with E-state index < -0.39 is 6.10 Å². The number of carbonyl (C=O) groups excluding carboxylic acids is 3. The second-order valence-corrected chi connectivity index (χ2v) is 21.3. The monoisotopic (exact) mass is 1080 g/mol. The molecule has 444 valence electrons. The molecule has 0 aliphatic heterocycles. The van der Waals surface area contributed by atoms with Crippen molar-refractivity contribution in [1.29, 1.82) is 0 Å². The summed E-state index contributed by atoms with van der Waals surface area (Å²) < 4.78 is 16.9. The predicted octanol–water partition coefficient (Wildman–Crippen LogP) is 22.4. The molecule has 6 heteroatoms. The first-order valence-corrected chi connectivity index (χ1v) is 32.5. The van der Waals surface area contributed by atoms with E-state index in [1.54, 1.807) is 0 Å². The number of allylic oxidation sites excluding steroid dienone is 20. The first-order valence-electron chi connectivity index (χ1n) is 32.5. The molecule has 78 heavy (non-hydrogen) atoms. The number of hydrogen-bond donors (Lipinski definition) is 0. The van der Waals surface area contributed by atoms with Crippen LogP contribution < -0.4 is 0 Å². The first-order chi connectivity index (χ1) is 38.5. The van der Waals surface area contributed by atoms with Gasteiger partial charge in [-0.3, -0.25) is 14.4 Å². The van der Waals surface area contributed by atoms with Crippen molar-refractivity contribution in [3.05, 3.63) is 122 Å². The summed E-state index contributed by atoms with van der Waals surface area (Å²) in [5.41, 5.74) is 0. The highest BCUT2D eigenvalue weighted by atomic mass is 16.6. The van der Waals surface area contributed by atoms with Gasteiger partial charge in [0.2, 0.25) is 0 Å². The minimum atomic E-state index is -0.796. The van der Waals surface area contributed by atoms with Gasteiger partial charge >= 0.3 is 17.9 Å². The lowest BCUT2D eigenvalue weighted by atomic mass is 10.0. The number of esters is 3. The number of hydrogen-bond acceptors (Lipinski definition) is 6. The molecule has 0 aliphatic rings. The smallest absolute Gasteiger partial charge is 0.306 e. The molecule has 0 aliphatic carbocycles. The normalized spacial score (nSPS) is 12.9. The van der Waals surface area contributed by atoms with Crippen LogP contribution in [0.2, 0.25) is 0 Å². The van der Waals surface area contributed by atoms with E-state index in [4.69, 9.17) is 14.2 Å². The maximum Gasteiger partial charge on any atom is 0.306 e. The predicted molar refractivity (Wildman–Crippen MR) is 339 cm³/mol. The molecule has 1 atom stereocenters. The van der Waals surface area contributed by atoms with Gasteiger partial charge in [-0.15, -0.1) is 0 Å². The summed E-state index contributed by atoms with van der Waals surface area (Å²) in [7, 11) is 0. The third kappa shape index (κ3) is 62.7. The molecule has 0 saturated carbocycles. The number of carbonyl (C=O) groups is 3. The van der Waals surface area contributed by atoms with Crippen LogP contribution in [0.15, 0.2) is 122 Å². The lowest BCUT2D eigenvalue weighted by Crippen LogP contribution is -2.30. The molecule has 0 amide bonds. The van der Waals surface area contributed by atoms with Gasteiger partial charge in [0.1, 0.15) is 13.2 Å². The maximum absolute atomic E-state index is 12.9. The lowest BCUT2D eigenvalue weighted by Gasteiger charge is -2.18. The largest absolute Gasteiger partial charge is 0.462 e. The third-order valence-corrected chi connectivity index (χ3v) is 13.7. The highest BCUT2D eigenvalue weighted by Gasteiger charge is 2.19. The molecule has 1 unspecified atom stereocenters. The molecular weight excluding hydrogens is 961 g/mol. The lowest BCUT2D eigenvalue weighted by molar-refractivity contribution is -0.167. The Morgan fingerprint density at radius 3 is 0.808 bits per heavy atom. The van der Waals surface area contributed by atoms with Crippen LogP contribution in [0.25, 0.3) is 0 Å². The van der Waals surface area contributed by atoms with Crippen molar-refractivity contribution < 1.29 is 28.6 Å². The summed E-state index contributed by atoms with van der Waals surface area (Å²) in [6.45, 7) is 6.49. The molecule has 0 radical (unpaired) electrons. The Balaban J connectivity index is 4.42. The summed E-state index contributed by atoms with van der Waals surface area (Å²) in [6.07, 6.45) is 90.5. The number of rotatable bonds is 58. The Kier molecular flexibility index (Phi) is 61.8. The summed E-state index contributed by atoms with van der Waals surface area (Å²) in [5, 5.41) is 0. The van der Waals surface area contributed by atoms with Gasteiger partial charge in [0, 0.05) is 19.3 Å². The maximum atomic E-state index is 12.9. The van der Waals surface area contributed by atoms with Crippen molar-refractivity contribution in [1.82, 2.24) is 0 Å². The van der Waals surface area contributed by atoms with Crippen LogP contribution in [0, 0.1) is 0 Å². The zero-order valence-corrected chi connectivity index (χ0v) is 50.9. The SMILES string of the molecule is CC/C=C\C/C=C\C/C=C\C/C=C\C/C=C\C/C=C\C/C=C\CCCCCCCC(=O)OCC(COC(=O)CCCCCCCCCCCCCCCC)OC(=O)CCCCCCCC/C=C\C/C=C\C/C=C\CCCCC. The molecule has 0 spiro atoms. The van der Waals surface area contributed by atoms with Gasteiger partial charge in [-0.2, -0.15) is 0 Å². The molecule has 0 aromatic carbocycles. The molecule has 0 aromatic rings. The van der Waals surface area contributed by atoms with Gasteiger partial charge in [0.05, 0.1) is 0 Å². The summed E-state index contributed by atoms with van der Waals surface area (Å²) >= 11 is 0. The van der Waals surface area contributed by atoms with Crippen LogP contribution in [0.3, 0.4) is 0 Å². The average molecular weight is 1080 g/mol. The van der Waals surface area contributed by atoms with E-state index in [2.05, 4.69) is 142 Å². The first kappa shape index (κ1) is 73.8. The van der Waals surface area contributed by atoms with Crippen LogP contribution >= 0.6 is 0 Å². The topological polar surface area (TPSA) is 78.9 Å². The average Bonchev–Trinajstić information content (AvgIpc) is 3.44. The number of ether oxygens (including phenoxy) is 3. The molecule has 0 aromatic heterocycles. The van der Waals surface area contributed by atoms with E-state index in [1.165, 1.54) is 109 Å². The van der Waals surface area contributed by atoms with E-state index in [0.717, 1.165) is 148 Å². The van der Waals surface area contributed by atoms with E-state index >= 15 is 0 Å². The molecule has 0 heterocycles. The van der Waals surface area contributed by atoms with Gasteiger partial charge in [-0.25, -0.2) is 0 Å². The highest BCUT2D eigenvalue weighted by Crippen LogP contribution is 2.16. The van der Waals surface area contributed by atoms with E-state index in [9.17, 15) is 14.4 Å². The summed E-state index contributed by atoms with van der Waals surface area (Å²) in [4.78, 5) is 38.3. The molecule has 0 bridgehead atoms. The molecule has 6 nitrogen and oxygen atoms in total. The molecule has 0 saturated heterocycles. The number of unbranched alkanes of at least 4 members (excludes halogenated alkanes) is 27. The van der Waals surface area contributed by atoms with E-state index in [1.807, 2.05) is 0 Å². The Bertz CT molecular complexity index is 1620. The Morgan fingerprint density at radius 1 is 0.269 bits per heavy atom. The zero-order valence-electron chi connectivity index (χ0n) is 50.9. The fraction of sp³-hybridized carbons (Fsp3) is 0.681. The van der Waals surface area contributed by atoms with Crippen LogP contribution in [0.1, 0.15) is 297 Å². The van der Waals surface area contributed by atoms with Crippen molar-refractivity contribution in [2.24, 2.45) is 0 Å². The molecule has 0 rings (SSSR count). The third-order valence-electron chi connectivity index (χ3n) is 13.7. The molecular formula is C72H120O6. The van der Waals surface area contributed by atoms with Gasteiger partial charge in [0.15, 0.2) is 6.10 Å². The van der Waals surface area contributed by atoms with E-state index in [-0.39, 0.29) is 31.1 Å². The van der Waals surface area contributed by atoms with Crippen molar-refractivity contribution >= 4 is 17.9 Å². The van der Waals surface area contributed by atoms with Crippen LogP contribution in [-0.4, -0.2) is 37.2 Å². The quantitative estimate of drug-likeness (QED) is 0.0261. The van der Waals surface area contributed by atoms with Crippen LogP contribution in [0.4, 0.5) is 0 Å². The van der Waals surface area contributed by atoms with Crippen molar-refractivity contribution in [3.8, 4) is 0 Å². The summed E-state index contributed by atoms with van der Waals surface area (Å²) in [6, 6.07) is 0. The standard InChI is InChI=1S/C72H120O6/c1-4-7-10-13-16-19-22-25-28-30-32-33-34-35-36-37-38-39-41-42-44-47-50-53-56-59-62-65-71(74)77-68-69(67-76-70(73)64-61-58-55-52-49-46-27-24-21-18-15-12-9-6-3)78-72(75)66-63-60-57-54-51-48-45-43-40-31-29-26-23-20-17-14-11-8-5-2/h7,10,16-17,19-20,25-26,28-29,32-33,35-36,38-40,42-44,69H,4-6,8-9,11-15,18,21-24,27,30-31,34,37,41,45-68H2,1-3H3/b10-7-,19-16-,20-17-,28-25-,29-26-,33-32-,36-35-,39-38-,43-40-,44-42-. The highest BCUT2D eigenvalue weighted by molar-refractivity contribution is 5.71. The molecule has 0 N–H and O–H groups in total. The van der Waals surface area contributed by atoms with Gasteiger partial charge in [0.25, 0.3) is 0 Å². The second kappa shape index (κ2) is 65.3. The zero-order chi connectivity index (χ0) is 56.4. The van der Waals surface area contributed by atoms with Crippen molar-refractivity contribution in [2.75, 3.05) is 13.2 Å². The Labute approximate surface area is 482 Å². The van der Waals surface area contributed by atoms with Crippen LogP contribution in [0.5, 0.6) is 0 Å². The van der Waals surface area contributed by atoms with Crippen molar-refractivity contribution in [2.45, 2.75) is 303 Å². The Hall–Kier alpha value is -4.19. The minimum Gasteiger partial charge on any atom is -0.462 e. The van der Waals surface area contributed by atoms with Crippen LogP contribution in [-0.2, 0) is 28.6 Å². The molecule has 0 fully saturated rings. The fourth-order valence-electron chi connectivity index (χ4n) is 8.84. The summed E-state index contributed by atoms with van der Waals surface area (Å²) in [5.74, 6) is -0.916. The van der Waals surface area contributed by atoms with Gasteiger partial charge in [-0.05, 0) is 116 Å². The second-order valence-electron chi connectivity index (χ2n) is 21.3. The van der Waals surface area contributed by atoms with Crippen molar-refractivity contribution in [3.63, 3.8) is 0 Å². The van der Waals surface area contributed by atoms with Gasteiger partial charge in [-0.1, -0.05) is 284 Å². The minimum absolute atomic E-state index is 0.0897. The Morgan fingerprint density at radius 2 is 0.500 bits per heavy atom. The fourth-order valence-corrected chi connectivity index (χ4v) is 8.84.